The lowest BCUT2D eigenvalue weighted by atomic mass is 9.71. The Balaban J connectivity index is 1.98. The van der Waals surface area contributed by atoms with Crippen LogP contribution >= 0.6 is 0 Å². The van der Waals surface area contributed by atoms with Crippen LogP contribution in [0.15, 0.2) is 24.3 Å². The fourth-order valence-corrected chi connectivity index (χ4v) is 3.74. The highest BCUT2D eigenvalue weighted by Crippen LogP contribution is 2.37. The first kappa shape index (κ1) is 16.5. The van der Waals surface area contributed by atoms with Crippen LogP contribution in [-0.2, 0) is 6.42 Å². The van der Waals surface area contributed by atoms with Gasteiger partial charge in [0.25, 0.3) is 0 Å². The number of halogens is 1. The number of hydrogen-bond donors (Lipinski definition) is 1. The molecule has 1 nitrogen and oxygen atoms in total. The molecule has 1 N–H and O–H groups in total. The third-order valence-electron chi connectivity index (χ3n) is 5.05. The van der Waals surface area contributed by atoms with E-state index in [1.54, 1.807) is 12.1 Å². The van der Waals surface area contributed by atoms with E-state index >= 15 is 0 Å². The summed E-state index contributed by atoms with van der Waals surface area (Å²) in [5.41, 5.74) is 1.16. The van der Waals surface area contributed by atoms with Crippen LogP contribution in [0.2, 0.25) is 0 Å². The first-order valence-electron chi connectivity index (χ1n) is 8.68. The highest BCUT2D eigenvalue weighted by Gasteiger charge is 2.29. The molecule has 21 heavy (non-hydrogen) atoms. The van der Waals surface area contributed by atoms with Crippen LogP contribution in [-0.4, -0.2) is 13.1 Å². The van der Waals surface area contributed by atoms with E-state index in [4.69, 9.17) is 0 Å². The molecule has 1 aromatic rings. The highest BCUT2D eigenvalue weighted by molar-refractivity contribution is 5.17. The lowest BCUT2D eigenvalue weighted by molar-refractivity contribution is 0.171. The molecule has 0 aromatic heterocycles. The van der Waals surface area contributed by atoms with Gasteiger partial charge in [0, 0.05) is 0 Å². The molecule has 1 saturated carbocycles. The van der Waals surface area contributed by atoms with Crippen molar-refractivity contribution in [1.29, 1.82) is 0 Å². The Morgan fingerprint density at radius 3 is 2.76 bits per heavy atom. The molecule has 2 rings (SSSR count). The molecule has 0 amide bonds. The van der Waals surface area contributed by atoms with E-state index in [0.29, 0.717) is 5.92 Å². The number of rotatable bonds is 7. The van der Waals surface area contributed by atoms with Gasteiger partial charge in [-0.15, -0.1) is 0 Å². The summed E-state index contributed by atoms with van der Waals surface area (Å²) in [4.78, 5) is 0. The molecule has 2 heteroatoms. The van der Waals surface area contributed by atoms with Gasteiger partial charge < -0.3 is 5.32 Å². The highest BCUT2D eigenvalue weighted by atomic mass is 19.1. The Hall–Kier alpha value is -0.890. The Labute approximate surface area is 129 Å². The maximum atomic E-state index is 13.4. The molecule has 0 spiro atoms. The van der Waals surface area contributed by atoms with Gasteiger partial charge in [-0.05, 0) is 74.2 Å². The number of nitrogens with one attached hydrogen (secondary N) is 1. The molecule has 3 atom stereocenters. The molecule has 0 saturated heterocycles. The molecule has 118 valence electrons. The monoisotopic (exact) mass is 291 g/mol. The second-order valence-corrected chi connectivity index (χ2v) is 6.65. The first-order valence-corrected chi connectivity index (χ1v) is 8.68. The molecule has 1 fully saturated rings. The summed E-state index contributed by atoms with van der Waals surface area (Å²) in [6.45, 7) is 6.76. The zero-order valence-corrected chi connectivity index (χ0v) is 13.6. The van der Waals surface area contributed by atoms with Crippen LogP contribution in [0.3, 0.4) is 0 Å². The van der Waals surface area contributed by atoms with Crippen LogP contribution < -0.4 is 5.32 Å². The van der Waals surface area contributed by atoms with Gasteiger partial charge in [-0.25, -0.2) is 4.39 Å². The molecular formula is C19H30FN. The average molecular weight is 291 g/mol. The molecule has 1 aliphatic carbocycles. The Morgan fingerprint density at radius 1 is 1.19 bits per heavy atom. The molecule has 0 heterocycles. The largest absolute Gasteiger partial charge is 0.316 e. The molecule has 1 aromatic carbocycles. The van der Waals surface area contributed by atoms with Gasteiger partial charge in [0.15, 0.2) is 0 Å². The van der Waals surface area contributed by atoms with Crippen molar-refractivity contribution in [3.63, 3.8) is 0 Å². The van der Waals surface area contributed by atoms with Crippen molar-refractivity contribution in [3.8, 4) is 0 Å². The molecule has 0 bridgehead atoms. The van der Waals surface area contributed by atoms with Gasteiger partial charge in [0.1, 0.15) is 5.82 Å². The third-order valence-corrected chi connectivity index (χ3v) is 5.05. The standard InChI is InChI=1S/C19H30FN/c1-3-10-21-14-17-9-8-15(4-2)11-18(17)12-16-6-5-7-19(20)13-16/h5-7,13,15,17-18,21H,3-4,8-12,14H2,1-2H3. The topological polar surface area (TPSA) is 12.0 Å². The number of benzene rings is 1. The van der Waals surface area contributed by atoms with E-state index in [-0.39, 0.29) is 5.82 Å². The van der Waals surface area contributed by atoms with Gasteiger partial charge in [-0.3, -0.25) is 0 Å². The van der Waals surface area contributed by atoms with Crippen LogP contribution in [0.4, 0.5) is 4.39 Å². The Morgan fingerprint density at radius 2 is 2.05 bits per heavy atom. The fourth-order valence-electron chi connectivity index (χ4n) is 3.74. The maximum Gasteiger partial charge on any atom is 0.123 e. The summed E-state index contributed by atoms with van der Waals surface area (Å²) >= 11 is 0. The van der Waals surface area contributed by atoms with Crippen molar-refractivity contribution in [2.45, 2.75) is 52.4 Å². The van der Waals surface area contributed by atoms with E-state index in [0.717, 1.165) is 36.9 Å². The van der Waals surface area contributed by atoms with Crippen molar-refractivity contribution in [3.05, 3.63) is 35.6 Å². The van der Waals surface area contributed by atoms with E-state index in [1.807, 2.05) is 6.07 Å². The molecule has 0 radical (unpaired) electrons. The van der Waals surface area contributed by atoms with Gasteiger partial charge in [-0.2, -0.15) is 0 Å². The summed E-state index contributed by atoms with van der Waals surface area (Å²) < 4.78 is 13.4. The summed E-state index contributed by atoms with van der Waals surface area (Å²) in [6, 6.07) is 7.18. The zero-order valence-electron chi connectivity index (χ0n) is 13.6. The van der Waals surface area contributed by atoms with Crippen molar-refractivity contribution >= 4 is 0 Å². The van der Waals surface area contributed by atoms with E-state index < -0.39 is 0 Å². The Kier molecular flexibility index (Phi) is 6.69. The van der Waals surface area contributed by atoms with Crippen molar-refractivity contribution in [2.24, 2.45) is 17.8 Å². The van der Waals surface area contributed by atoms with Gasteiger partial charge in [0.2, 0.25) is 0 Å². The summed E-state index contributed by atoms with van der Waals surface area (Å²) in [5, 5.41) is 3.59. The van der Waals surface area contributed by atoms with Crippen molar-refractivity contribution < 1.29 is 4.39 Å². The fraction of sp³-hybridized carbons (Fsp3) is 0.684. The van der Waals surface area contributed by atoms with Crippen LogP contribution in [0.5, 0.6) is 0 Å². The second-order valence-electron chi connectivity index (χ2n) is 6.65. The maximum absolute atomic E-state index is 13.4. The molecule has 1 aliphatic rings. The molecule has 3 unspecified atom stereocenters. The predicted octanol–water partition coefficient (Wildman–Crippen LogP) is 4.81. The minimum atomic E-state index is -0.101. The predicted molar refractivity (Wildman–Crippen MR) is 87.9 cm³/mol. The summed E-state index contributed by atoms with van der Waals surface area (Å²) in [5.74, 6) is 2.22. The van der Waals surface area contributed by atoms with Gasteiger partial charge in [-0.1, -0.05) is 38.8 Å². The Bertz CT molecular complexity index is 416. The minimum Gasteiger partial charge on any atom is -0.316 e. The minimum absolute atomic E-state index is 0.101. The smallest absolute Gasteiger partial charge is 0.123 e. The van der Waals surface area contributed by atoms with Crippen molar-refractivity contribution in [2.75, 3.05) is 13.1 Å². The molecular weight excluding hydrogens is 261 g/mol. The van der Waals surface area contributed by atoms with Crippen LogP contribution in [0.1, 0.15) is 51.5 Å². The summed E-state index contributed by atoms with van der Waals surface area (Å²) in [6.07, 6.45) is 7.52. The van der Waals surface area contributed by atoms with Crippen molar-refractivity contribution in [1.82, 2.24) is 5.32 Å². The van der Waals surface area contributed by atoms with Gasteiger partial charge >= 0.3 is 0 Å². The van der Waals surface area contributed by atoms with Crippen LogP contribution in [0.25, 0.3) is 0 Å². The normalized spacial score (nSPS) is 26.0. The molecule has 0 aliphatic heterocycles. The SMILES string of the molecule is CCCNCC1CCC(CC)CC1Cc1cccc(F)c1. The van der Waals surface area contributed by atoms with Crippen LogP contribution in [0, 0.1) is 23.6 Å². The quantitative estimate of drug-likeness (QED) is 0.711. The second kappa shape index (κ2) is 8.53. The zero-order chi connectivity index (χ0) is 15.1. The number of hydrogen-bond acceptors (Lipinski definition) is 1. The lowest BCUT2D eigenvalue weighted by Crippen LogP contribution is -2.34. The van der Waals surface area contributed by atoms with E-state index in [9.17, 15) is 4.39 Å². The average Bonchev–Trinajstić information content (AvgIpc) is 2.49. The van der Waals surface area contributed by atoms with E-state index in [2.05, 4.69) is 25.2 Å². The first-order chi connectivity index (χ1) is 10.2. The summed E-state index contributed by atoms with van der Waals surface area (Å²) in [7, 11) is 0. The van der Waals surface area contributed by atoms with E-state index in [1.165, 1.54) is 32.1 Å². The van der Waals surface area contributed by atoms with Gasteiger partial charge in [0.05, 0.1) is 0 Å². The third kappa shape index (κ3) is 5.10. The lowest BCUT2D eigenvalue weighted by Gasteiger charge is -2.36.